The fourth-order valence-electron chi connectivity index (χ4n) is 2.36. The molecule has 0 fully saturated rings. The second-order valence-electron chi connectivity index (χ2n) is 4.86. The summed E-state index contributed by atoms with van der Waals surface area (Å²) < 4.78 is 5.14. The molecule has 0 heterocycles. The minimum Gasteiger partial charge on any atom is -0.497 e. The molecule has 23 heavy (non-hydrogen) atoms. The number of benzene rings is 2. The predicted molar refractivity (Wildman–Crippen MR) is 92.7 cm³/mol. The molecule has 0 saturated carbocycles. The van der Waals surface area contributed by atoms with Gasteiger partial charge in [0.1, 0.15) is 5.75 Å². The van der Waals surface area contributed by atoms with Gasteiger partial charge in [0.05, 0.1) is 17.6 Å². The molecular weight excluding hydrogens is 292 g/mol. The standard InChI is InChI=1S/C16H18N2O3.C2H6/c1-3-16(17,12-7-9-15(21-2)10-8-12)13-5-4-6-14(11-13)18(19)20;1-2/h4-11H,3,17H2,1-2H3;1-2H3. The van der Waals surface area contributed by atoms with Gasteiger partial charge < -0.3 is 10.5 Å². The number of hydrogen-bond donors (Lipinski definition) is 1. The van der Waals surface area contributed by atoms with Crippen molar-refractivity contribution in [2.45, 2.75) is 32.7 Å². The second-order valence-corrected chi connectivity index (χ2v) is 4.86. The van der Waals surface area contributed by atoms with Crippen molar-refractivity contribution in [2.75, 3.05) is 7.11 Å². The fourth-order valence-corrected chi connectivity index (χ4v) is 2.36. The van der Waals surface area contributed by atoms with Crippen molar-refractivity contribution in [3.8, 4) is 5.75 Å². The maximum absolute atomic E-state index is 10.9. The largest absolute Gasteiger partial charge is 0.497 e. The Balaban J connectivity index is 0.00000127. The van der Waals surface area contributed by atoms with Crippen molar-refractivity contribution >= 4 is 5.69 Å². The molecule has 124 valence electrons. The molecule has 0 aliphatic carbocycles. The number of nitro groups is 1. The van der Waals surface area contributed by atoms with Crippen LogP contribution < -0.4 is 10.5 Å². The highest BCUT2D eigenvalue weighted by Crippen LogP contribution is 2.32. The van der Waals surface area contributed by atoms with E-state index in [-0.39, 0.29) is 5.69 Å². The van der Waals surface area contributed by atoms with Crippen molar-refractivity contribution in [1.29, 1.82) is 0 Å². The van der Waals surface area contributed by atoms with E-state index in [2.05, 4.69) is 0 Å². The number of hydrogen-bond acceptors (Lipinski definition) is 4. The number of rotatable bonds is 5. The quantitative estimate of drug-likeness (QED) is 0.661. The highest BCUT2D eigenvalue weighted by Gasteiger charge is 2.29. The summed E-state index contributed by atoms with van der Waals surface area (Å²) in [4.78, 5) is 10.5. The first-order chi connectivity index (χ1) is 11.0. The van der Waals surface area contributed by atoms with Gasteiger partial charge in [0.2, 0.25) is 0 Å². The molecule has 0 bridgehead atoms. The third kappa shape index (κ3) is 4.07. The molecule has 1 atom stereocenters. The Morgan fingerprint density at radius 2 is 1.74 bits per heavy atom. The van der Waals surface area contributed by atoms with Crippen LogP contribution in [0.25, 0.3) is 0 Å². The third-order valence-corrected chi connectivity index (χ3v) is 3.73. The molecule has 0 spiro atoms. The van der Waals surface area contributed by atoms with Crippen LogP contribution >= 0.6 is 0 Å². The van der Waals surface area contributed by atoms with E-state index < -0.39 is 10.5 Å². The third-order valence-electron chi connectivity index (χ3n) is 3.73. The first-order valence-electron chi connectivity index (χ1n) is 7.69. The summed E-state index contributed by atoms with van der Waals surface area (Å²) in [6, 6.07) is 13.9. The average Bonchev–Trinajstić information content (AvgIpc) is 2.63. The number of nitrogens with two attached hydrogens (primary N) is 1. The van der Waals surface area contributed by atoms with Crippen LogP contribution in [0, 0.1) is 10.1 Å². The molecule has 2 aromatic carbocycles. The van der Waals surface area contributed by atoms with E-state index in [0.29, 0.717) is 6.42 Å². The highest BCUT2D eigenvalue weighted by atomic mass is 16.6. The predicted octanol–water partition coefficient (Wildman–Crippen LogP) is 4.24. The van der Waals surface area contributed by atoms with Crippen LogP contribution in [0.4, 0.5) is 5.69 Å². The van der Waals surface area contributed by atoms with Crippen LogP contribution in [0.1, 0.15) is 38.3 Å². The zero-order valence-corrected chi connectivity index (χ0v) is 14.1. The number of nitro benzene ring substituents is 1. The molecule has 0 amide bonds. The number of nitrogens with zero attached hydrogens (tertiary/aromatic N) is 1. The summed E-state index contributed by atoms with van der Waals surface area (Å²) in [5.74, 6) is 0.747. The molecule has 5 heteroatoms. The summed E-state index contributed by atoms with van der Waals surface area (Å²) in [5, 5.41) is 10.9. The summed E-state index contributed by atoms with van der Waals surface area (Å²) in [6.07, 6.45) is 0.625. The molecule has 1 unspecified atom stereocenters. The van der Waals surface area contributed by atoms with Crippen LogP contribution in [0.15, 0.2) is 48.5 Å². The van der Waals surface area contributed by atoms with Gasteiger partial charge in [-0.1, -0.05) is 45.0 Å². The molecule has 0 aromatic heterocycles. The first kappa shape index (κ1) is 18.6. The summed E-state index contributed by atoms with van der Waals surface area (Å²) in [6.45, 7) is 5.96. The Morgan fingerprint density at radius 3 is 2.22 bits per heavy atom. The van der Waals surface area contributed by atoms with Gasteiger partial charge in [-0.05, 0) is 29.7 Å². The Bertz CT molecular complexity index is 641. The lowest BCUT2D eigenvalue weighted by Crippen LogP contribution is -2.37. The first-order valence-corrected chi connectivity index (χ1v) is 7.69. The van der Waals surface area contributed by atoms with Gasteiger partial charge in [0, 0.05) is 12.1 Å². The Kier molecular flexibility index (Phi) is 6.72. The molecule has 5 nitrogen and oxygen atoms in total. The van der Waals surface area contributed by atoms with Crippen molar-refractivity contribution in [3.05, 3.63) is 69.8 Å². The lowest BCUT2D eigenvalue weighted by molar-refractivity contribution is -0.385. The Labute approximate surface area is 137 Å². The summed E-state index contributed by atoms with van der Waals surface area (Å²) in [7, 11) is 1.60. The van der Waals surface area contributed by atoms with E-state index in [1.54, 1.807) is 13.2 Å². The smallest absolute Gasteiger partial charge is 0.269 e. The molecule has 2 N–H and O–H groups in total. The Morgan fingerprint density at radius 1 is 1.13 bits per heavy atom. The van der Waals surface area contributed by atoms with E-state index in [0.717, 1.165) is 16.9 Å². The SMILES string of the molecule is CC.CCC(N)(c1ccc(OC)cc1)c1cccc([N+](=O)[O-])c1. The van der Waals surface area contributed by atoms with E-state index in [1.165, 1.54) is 12.1 Å². The maximum atomic E-state index is 10.9. The van der Waals surface area contributed by atoms with Crippen molar-refractivity contribution in [1.82, 2.24) is 0 Å². The molecule has 2 aromatic rings. The average molecular weight is 316 g/mol. The molecule has 0 saturated heterocycles. The van der Waals surface area contributed by atoms with Gasteiger partial charge in [-0.2, -0.15) is 0 Å². The van der Waals surface area contributed by atoms with Crippen LogP contribution in [-0.2, 0) is 5.54 Å². The summed E-state index contributed by atoms with van der Waals surface area (Å²) >= 11 is 0. The van der Waals surface area contributed by atoms with Crippen molar-refractivity contribution < 1.29 is 9.66 Å². The monoisotopic (exact) mass is 316 g/mol. The van der Waals surface area contributed by atoms with E-state index in [1.807, 2.05) is 51.1 Å². The van der Waals surface area contributed by atoms with Crippen LogP contribution in [0.3, 0.4) is 0 Å². The number of non-ortho nitro benzene ring substituents is 1. The van der Waals surface area contributed by atoms with Gasteiger partial charge in [-0.25, -0.2) is 0 Å². The topological polar surface area (TPSA) is 78.4 Å². The van der Waals surface area contributed by atoms with E-state index in [9.17, 15) is 10.1 Å². The van der Waals surface area contributed by atoms with E-state index in [4.69, 9.17) is 10.5 Å². The minimum absolute atomic E-state index is 0.0456. The van der Waals surface area contributed by atoms with Gasteiger partial charge in [0.15, 0.2) is 0 Å². The Hall–Kier alpha value is -2.40. The van der Waals surface area contributed by atoms with Crippen LogP contribution in [0.2, 0.25) is 0 Å². The zero-order valence-electron chi connectivity index (χ0n) is 14.1. The summed E-state index contributed by atoms with van der Waals surface area (Å²) in [5.41, 5.74) is 7.44. The van der Waals surface area contributed by atoms with Gasteiger partial charge in [-0.3, -0.25) is 10.1 Å². The molecule has 0 radical (unpaired) electrons. The van der Waals surface area contributed by atoms with Crippen molar-refractivity contribution in [2.24, 2.45) is 5.73 Å². The molecule has 0 aliphatic rings. The fraction of sp³-hybridized carbons (Fsp3) is 0.333. The van der Waals surface area contributed by atoms with Gasteiger partial charge in [-0.15, -0.1) is 0 Å². The van der Waals surface area contributed by atoms with Gasteiger partial charge >= 0.3 is 0 Å². The maximum Gasteiger partial charge on any atom is 0.269 e. The number of ether oxygens (including phenoxy) is 1. The normalized spacial score (nSPS) is 12.6. The molecule has 2 rings (SSSR count). The zero-order chi connectivity index (χ0) is 17.5. The lowest BCUT2D eigenvalue weighted by Gasteiger charge is -2.29. The van der Waals surface area contributed by atoms with E-state index >= 15 is 0 Å². The van der Waals surface area contributed by atoms with Gasteiger partial charge in [0.25, 0.3) is 5.69 Å². The van der Waals surface area contributed by atoms with Crippen molar-refractivity contribution in [3.63, 3.8) is 0 Å². The lowest BCUT2D eigenvalue weighted by atomic mass is 9.81. The number of methoxy groups -OCH3 is 1. The molecular formula is C18H24N2O3. The molecule has 0 aliphatic heterocycles. The minimum atomic E-state index is -0.766. The van der Waals surface area contributed by atoms with Crippen LogP contribution in [0.5, 0.6) is 5.75 Å². The van der Waals surface area contributed by atoms with Crippen LogP contribution in [-0.4, -0.2) is 12.0 Å². The highest BCUT2D eigenvalue weighted by molar-refractivity contribution is 5.44. The second kappa shape index (κ2) is 8.29.